The molecule has 0 heterocycles. The molecule has 30 heavy (non-hydrogen) atoms. The standard InChI is InChI=1S/C22H24Cl2N2O4/c1-3-30-22(29)16(12-15-8-5-4-6-9-15)13-25-20(27)14(2)26-21(28)17-10-7-11-18(23)19(17)24/h4-11,14,16H,3,12-13H2,1-2H3,(H,25,27)(H,26,28). The van der Waals surface area contributed by atoms with Crippen molar-refractivity contribution in [3.05, 3.63) is 69.7 Å². The Hall–Kier alpha value is -2.57. The van der Waals surface area contributed by atoms with Gasteiger partial charge in [0.2, 0.25) is 5.91 Å². The zero-order chi connectivity index (χ0) is 22.1. The van der Waals surface area contributed by atoms with Gasteiger partial charge in [-0.3, -0.25) is 14.4 Å². The zero-order valence-electron chi connectivity index (χ0n) is 16.8. The molecule has 8 heteroatoms. The molecule has 6 nitrogen and oxygen atoms in total. The van der Waals surface area contributed by atoms with Crippen molar-refractivity contribution in [1.29, 1.82) is 0 Å². The smallest absolute Gasteiger partial charge is 0.311 e. The molecule has 0 saturated carbocycles. The Morgan fingerprint density at radius 3 is 2.40 bits per heavy atom. The topological polar surface area (TPSA) is 84.5 Å². The van der Waals surface area contributed by atoms with Gasteiger partial charge in [-0.1, -0.05) is 59.6 Å². The van der Waals surface area contributed by atoms with Crippen LogP contribution in [0.5, 0.6) is 0 Å². The molecule has 2 amide bonds. The normalized spacial score (nSPS) is 12.5. The third kappa shape index (κ3) is 6.75. The molecule has 0 bridgehead atoms. The number of ether oxygens (including phenoxy) is 1. The summed E-state index contributed by atoms with van der Waals surface area (Å²) in [6.07, 6.45) is 0.429. The van der Waals surface area contributed by atoms with Gasteiger partial charge in [0.05, 0.1) is 28.1 Å². The predicted molar refractivity (Wildman–Crippen MR) is 117 cm³/mol. The van der Waals surface area contributed by atoms with Gasteiger partial charge in [-0.15, -0.1) is 0 Å². The van der Waals surface area contributed by atoms with Crippen LogP contribution in [0.3, 0.4) is 0 Å². The SMILES string of the molecule is CCOC(=O)C(CNC(=O)C(C)NC(=O)c1cccc(Cl)c1Cl)Cc1ccccc1. The Morgan fingerprint density at radius 1 is 1.03 bits per heavy atom. The Morgan fingerprint density at radius 2 is 1.73 bits per heavy atom. The van der Waals surface area contributed by atoms with Crippen LogP contribution in [0.4, 0.5) is 0 Å². The highest BCUT2D eigenvalue weighted by atomic mass is 35.5. The molecule has 160 valence electrons. The van der Waals surface area contributed by atoms with E-state index in [1.165, 1.54) is 6.07 Å². The fraction of sp³-hybridized carbons (Fsp3) is 0.318. The average Bonchev–Trinajstić information content (AvgIpc) is 2.73. The van der Waals surface area contributed by atoms with Gasteiger partial charge in [0, 0.05) is 6.54 Å². The van der Waals surface area contributed by atoms with Gasteiger partial charge in [-0.05, 0) is 38.0 Å². The minimum atomic E-state index is -0.841. The van der Waals surface area contributed by atoms with E-state index < -0.39 is 23.8 Å². The van der Waals surface area contributed by atoms with Crippen LogP contribution >= 0.6 is 23.2 Å². The summed E-state index contributed by atoms with van der Waals surface area (Å²) in [5.41, 5.74) is 1.14. The lowest BCUT2D eigenvalue weighted by atomic mass is 9.99. The fourth-order valence-corrected chi connectivity index (χ4v) is 3.18. The van der Waals surface area contributed by atoms with Crippen molar-refractivity contribution in [3.8, 4) is 0 Å². The van der Waals surface area contributed by atoms with Gasteiger partial charge in [0.15, 0.2) is 0 Å². The second-order valence-electron chi connectivity index (χ2n) is 6.68. The minimum absolute atomic E-state index is 0.0880. The summed E-state index contributed by atoms with van der Waals surface area (Å²) in [4.78, 5) is 37.2. The van der Waals surface area contributed by atoms with Crippen LogP contribution in [0.2, 0.25) is 10.0 Å². The van der Waals surface area contributed by atoms with Crippen molar-refractivity contribution in [2.45, 2.75) is 26.3 Å². The highest BCUT2D eigenvalue weighted by Crippen LogP contribution is 2.25. The predicted octanol–water partition coefficient (Wildman–Crippen LogP) is 3.65. The maximum atomic E-state index is 12.5. The van der Waals surface area contributed by atoms with Gasteiger partial charge >= 0.3 is 5.97 Å². The fourth-order valence-electron chi connectivity index (χ4n) is 2.79. The summed E-state index contributed by atoms with van der Waals surface area (Å²) in [6, 6.07) is 13.3. The maximum Gasteiger partial charge on any atom is 0.311 e. The molecule has 0 aromatic heterocycles. The number of halogens is 2. The van der Waals surface area contributed by atoms with Crippen molar-refractivity contribution >= 4 is 41.0 Å². The molecule has 0 aliphatic rings. The Balaban J connectivity index is 1.97. The lowest BCUT2D eigenvalue weighted by Crippen LogP contribution is -2.47. The summed E-state index contributed by atoms with van der Waals surface area (Å²) in [7, 11) is 0. The van der Waals surface area contributed by atoms with Crippen LogP contribution in [0, 0.1) is 5.92 Å². The first-order valence-electron chi connectivity index (χ1n) is 9.56. The van der Waals surface area contributed by atoms with Crippen molar-refractivity contribution in [1.82, 2.24) is 10.6 Å². The number of hydrogen-bond donors (Lipinski definition) is 2. The first-order chi connectivity index (χ1) is 14.3. The van der Waals surface area contributed by atoms with E-state index in [-0.39, 0.29) is 34.7 Å². The molecular weight excluding hydrogens is 427 g/mol. The molecule has 0 saturated heterocycles. The summed E-state index contributed by atoms with van der Waals surface area (Å²) in [5.74, 6) is -1.87. The number of amides is 2. The number of carbonyl (C=O) groups is 3. The third-order valence-corrected chi connectivity index (χ3v) is 5.22. The largest absolute Gasteiger partial charge is 0.466 e. The molecular formula is C22H24Cl2N2O4. The van der Waals surface area contributed by atoms with E-state index >= 15 is 0 Å². The van der Waals surface area contributed by atoms with Crippen LogP contribution in [-0.4, -0.2) is 37.0 Å². The Bertz CT molecular complexity index is 890. The molecule has 2 unspecified atom stereocenters. The monoisotopic (exact) mass is 450 g/mol. The molecule has 2 aromatic carbocycles. The van der Waals surface area contributed by atoms with Crippen molar-refractivity contribution in [3.63, 3.8) is 0 Å². The second kappa shape index (κ2) is 11.6. The van der Waals surface area contributed by atoms with Crippen LogP contribution in [-0.2, 0) is 20.7 Å². The summed E-state index contributed by atoms with van der Waals surface area (Å²) >= 11 is 12.0. The summed E-state index contributed by atoms with van der Waals surface area (Å²) in [6.45, 7) is 3.62. The molecule has 0 radical (unpaired) electrons. The van der Waals surface area contributed by atoms with Crippen molar-refractivity contribution in [2.24, 2.45) is 5.92 Å². The average molecular weight is 451 g/mol. The Labute approximate surface area is 185 Å². The third-order valence-electron chi connectivity index (χ3n) is 4.40. The van der Waals surface area contributed by atoms with Crippen LogP contribution in [0.1, 0.15) is 29.8 Å². The molecule has 2 atom stereocenters. The molecule has 2 rings (SSSR count). The lowest BCUT2D eigenvalue weighted by molar-refractivity contribution is -0.147. The number of hydrogen-bond acceptors (Lipinski definition) is 4. The van der Waals surface area contributed by atoms with E-state index in [0.717, 1.165) is 5.56 Å². The van der Waals surface area contributed by atoms with Crippen molar-refractivity contribution < 1.29 is 19.1 Å². The van der Waals surface area contributed by atoms with Gasteiger partial charge in [0.25, 0.3) is 5.91 Å². The first-order valence-corrected chi connectivity index (χ1v) is 10.3. The highest BCUT2D eigenvalue weighted by molar-refractivity contribution is 6.43. The first kappa shape index (κ1) is 23.7. The van der Waals surface area contributed by atoms with Gasteiger partial charge in [0.1, 0.15) is 6.04 Å². The van der Waals surface area contributed by atoms with Crippen LogP contribution in [0.15, 0.2) is 48.5 Å². The highest BCUT2D eigenvalue weighted by Gasteiger charge is 2.24. The Kier molecular flexibility index (Phi) is 9.15. The molecule has 0 spiro atoms. The van der Waals surface area contributed by atoms with Crippen LogP contribution < -0.4 is 10.6 Å². The minimum Gasteiger partial charge on any atom is -0.466 e. The van der Waals surface area contributed by atoms with E-state index in [0.29, 0.717) is 6.42 Å². The van der Waals surface area contributed by atoms with Gasteiger partial charge in [-0.2, -0.15) is 0 Å². The number of carbonyl (C=O) groups excluding carboxylic acids is 3. The lowest BCUT2D eigenvalue weighted by Gasteiger charge is -2.19. The van der Waals surface area contributed by atoms with E-state index in [2.05, 4.69) is 10.6 Å². The quantitative estimate of drug-likeness (QED) is 0.570. The molecule has 0 fully saturated rings. The number of nitrogens with one attached hydrogen (secondary N) is 2. The molecule has 2 N–H and O–H groups in total. The number of rotatable bonds is 9. The van der Waals surface area contributed by atoms with Crippen LogP contribution in [0.25, 0.3) is 0 Å². The molecule has 2 aromatic rings. The summed E-state index contributed by atoms with van der Waals surface area (Å²) < 4.78 is 5.13. The number of esters is 1. The van der Waals surface area contributed by atoms with Gasteiger partial charge < -0.3 is 15.4 Å². The van der Waals surface area contributed by atoms with E-state index in [9.17, 15) is 14.4 Å². The van der Waals surface area contributed by atoms with Gasteiger partial charge in [-0.25, -0.2) is 0 Å². The van der Waals surface area contributed by atoms with E-state index in [4.69, 9.17) is 27.9 Å². The zero-order valence-corrected chi connectivity index (χ0v) is 18.3. The maximum absolute atomic E-state index is 12.5. The van der Waals surface area contributed by atoms with E-state index in [1.54, 1.807) is 26.0 Å². The summed E-state index contributed by atoms with van der Waals surface area (Å²) in [5, 5.41) is 5.66. The molecule has 0 aliphatic carbocycles. The second-order valence-corrected chi connectivity index (χ2v) is 7.47. The number of benzene rings is 2. The van der Waals surface area contributed by atoms with E-state index in [1.807, 2.05) is 30.3 Å². The molecule has 0 aliphatic heterocycles. The van der Waals surface area contributed by atoms with Crippen molar-refractivity contribution in [2.75, 3.05) is 13.2 Å².